The van der Waals surface area contributed by atoms with Crippen LogP contribution in [-0.4, -0.2) is 74.3 Å². The van der Waals surface area contributed by atoms with E-state index in [2.05, 4.69) is 10.2 Å². The molecule has 5 rings (SSSR count). The number of hydrogen-bond donors (Lipinski definition) is 5. The van der Waals surface area contributed by atoms with E-state index in [9.17, 15) is 15.3 Å². The van der Waals surface area contributed by atoms with Crippen LogP contribution in [0, 0.1) is 12.8 Å². The van der Waals surface area contributed by atoms with E-state index in [0.29, 0.717) is 18.2 Å². The van der Waals surface area contributed by atoms with Crippen molar-refractivity contribution >= 4 is 33.3 Å². The van der Waals surface area contributed by atoms with Gasteiger partial charge in [0.1, 0.15) is 16.9 Å². The van der Waals surface area contributed by atoms with Crippen LogP contribution in [0.3, 0.4) is 0 Å². The van der Waals surface area contributed by atoms with Crippen molar-refractivity contribution in [1.82, 2.24) is 15.0 Å². The van der Waals surface area contributed by atoms with Gasteiger partial charge in [0, 0.05) is 31.7 Å². The summed E-state index contributed by atoms with van der Waals surface area (Å²) in [7, 11) is 0. The number of aliphatic hydroxyl groups is 3. The lowest BCUT2D eigenvalue weighted by Crippen LogP contribution is -2.41. The number of aliphatic hydroxyl groups excluding tert-OH is 3. The van der Waals surface area contributed by atoms with Crippen LogP contribution in [0.2, 0.25) is 0 Å². The first-order chi connectivity index (χ1) is 15.9. The zero-order chi connectivity index (χ0) is 23.1. The van der Waals surface area contributed by atoms with Gasteiger partial charge in [0.25, 0.3) is 0 Å². The van der Waals surface area contributed by atoms with Crippen molar-refractivity contribution in [1.29, 1.82) is 0 Å². The Balaban J connectivity index is 1.55. The molecular weight excluding hydrogens is 440 g/mol. The smallest absolute Gasteiger partial charge is 0.227 e. The van der Waals surface area contributed by atoms with Crippen LogP contribution >= 0.6 is 11.3 Å². The van der Waals surface area contributed by atoms with Gasteiger partial charge in [0.05, 0.1) is 33.6 Å². The molecular formula is C23H30N6O3S. The van der Waals surface area contributed by atoms with Gasteiger partial charge in [-0.15, -0.1) is 11.3 Å². The van der Waals surface area contributed by atoms with Gasteiger partial charge in [0.2, 0.25) is 5.95 Å². The molecule has 2 fully saturated rings. The maximum absolute atomic E-state index is 10.6. The van der Waals surface area contributed by atoms with Crippen molar-refractivity contribution in [2.75, 3.05) is 29.9 Å². The standard InChI is InChI=1S/C23H30N6O3S/c1-12-18(22-27-15-4-2-3-5-17(15)33-22)21(26-16-10-13(11-30)19(31)20(16)32)28-23(25-12)29-8-6-14(24)7-9-29/h2-5,13-14,16,19-20,30-32H,6-11,24H2,1H3,(H,25,26,28)/t13-,16-,19-,20+/m1/s1. The Bertz CT molecular complexity index is 1100. The molecule has 10 heteroatoms. The number of hydrogen-bond acceptors (Lipinski definition) is 10. The van der Waals surface area contributed by atoms with E-state index < -0.39 is 18.2 Å². The predicted octanol–water partition coefficient (Wildman–Crippen LogP) is 1.50. The molecule has 0 amide bonds. The van der Waals surface area contributed by atoms with Gasteiger partial charge in [0.15, 0.2) is 0 Å². The maximum Gasteiger partial charge on any atom is 0.227 e. The first kappa shape index (κ1) is 22.4. The minimum atomic E-state index is -1.00. The van der Waals surface area contributed by atoms with E-state index in [-0.39, 0.29) is 18.6 Å². The van der Waals surface area contributed by atoms with Crippen molar-refractivity contribution in [3.8, 4) is 10.6 Å². The topological polar surface area (TPSA) is 141 Å². The van der Waals surface area contributed by atoms with Gasteiger partial charge >= 0.3 is 0 Å². The highest BCUT2D eigenvalue weighted by Crippen LogP contribution is 2.38. The maximum atomic E-state index is 10.6. The second-order valence-corrected chi connectivity index (χ2v) is 10.1. The normalized spacial score (nSPS) is 26.3. The average Bonchev–Trinajstić information content (AvgIpc) is 3.35. The Morgan fingerprint density at radius 3 is 2.58 bits per heavy atom. The van der Waals surface area contributed by atoms with Crippen LogP contribution in [0.15, 0.2) is 24.3 Å². The molecule has 1 saturated heterocycles. The number of thiazole rings is 1. The van der Waals surface area contributed by atoms with Crippen molar-refractivity contribution in [2.24, 2.45) is 11.7 Å². The molecule has 0 unspecified atom stereocenters. The Morgan fingerprint density at radius 1 is 1.12 bits per heavy atom. The molecule has 4 atom stereocenters. The molecule has 1 aliphatic carbocycles. The zero-order valence-corrected chi connectivity index (χ0v) is 19.4. The number of rotatable bonds is 5. The van der Waals surface area contributed by atoms with Crippen molar-refractivity contribution in [2.45, 2.75) is 50.5 Å². The third-order valence-electron chi connectivity index (χ3n) is 6.77. The van der Waals surface area contributed by atoms with E-state index in [1.807, 2.05) is 31.2 Å². The first-order valence-corrected chi connectivity index (χ1v) is 12.2. The number of piperidine rings is 1. The second-order valence-electron chi connectivity index (χ2n) is 9.05. The summed E-state index contributed by atoms with van der Waals surface area (Å²) in [4.78, 5) is 16.6. The SMILES string of the molecule is Cc1nc(N2CCC(N)CC2)nc(N[C@@H]2C[C@H](CO)[C@@H](O)[C@H]2O)c1-c1nc2ccccc2s1. The van der Waals surface area contributed by atoms with Crippen LogP contribution in [0.5, 0.6) is 0 Å². The highest BCUT2D eigenvalue weighted by atomic mass is 32.1. The number of nitrogens with one attached hydrogen (secondary N) is 1. The lowest BCUT2D eigenvalue weighted by molar-refractivity contribution is 0.00446. The molecule has 3 aromatic rings. The number of fused-ring (bicyclic) bond motifs is 1. The Labute approximate surface area is 196 Å². The van der Waals surface area contributed by atoms with E-state index in [4.69, 9.17) is 20.7 Å². The predicted molar refractivity (Wildman–Crippen MR) is 129 cm³/mol. The minimum absolute atomic E-state index is 0.177. The number of benzene rings is 1. The molecule has 0 radical (unpaired) electrons. The molecule has 0 bridgehead atoms. The first-order valence-electron chi connectivity index (χ1n) is 11.4. The van der Waals surface area contributed by atoms with E-state index >= 15 is 0 Å². The molecule has 9 nitrogen and oxygen atoms in total. The van der Waals surface area contributed by atoms with Crippen molar-refractivity contribution < 1.29 is 15.3 Å². The Morgan fingerprint density at radius 2 is 1.88 bits per heavy atom. The summed E-state index contributed by atoms with van der Waals surface area (Å²) < 4.78 is 1.07. The number of aromatic nitrogens is 3. The fraction of sp³-hybridized carbons (Fsp3) is 0.522. The minimum Gasteiger partial charge on any atom is -0.396 e. The lowest BCUT2D eigenvalue weighted by atomic mass is 10.1. The van der Waals surface area contributed by atoms with Crippen LogP contribution in [0.4, 0.5) is 11.8 Å². The third-order valence-corrected chi connectivity index (χ3v) is 7.82. The molecule has 33 heavy (non-hydrogen) atoms. The van der Waals surface area contributed by atoms with E-state index in [1.165, 1.54) is 0 Å². The van der Waals surface area contributed by atoms with Gasteiger partial charge in [-0.1, -0.05) is 12.1 Å². The lowest BCUT2D eigenvalue weighted by Gasteiger charge is -2.31. The summed E-state index contributed by atoms with van der Waals surface area (Å²) >= 11 is 1.57. The largest absolute Gasteiger partial charge is 0.396 e. The van der Waals surface area contributed by atoms with E-state index in [0.717, 1.165) is 52.4 Å². The summed E-state index contributed by atoms with van der Waals surface area (Å²) in [6.07, 6.45) is 0.226. The summed E-state index contributed by atoms with van der Waals surface area (Å²) in [5, 5.41) is 34.7. The van der Waals surface area contributed by atoms with Gasteiger partial charge in [-0.05, 0) is 38.3 Å². The van der Waals surface area contributed by atoms with Gasteiger partial charge in [-0.3, -0.25) is 0 Å². The number of nitrogens with zero attached hydrogens (tertiary/aromatic N) is 4. The molecule has 3 heterocycles. The number of aryl methyl sites for hydroxylation is 1. The summed E-state index contributed by atoms with van der Waals surface area (Å²) in [6, 6.07) is 7.72. The van der Waals surface area contributed by atoms with Crippen LogP contribution in [-0.2, 0) is 0 Å². The molecule has 1 aliphatic heterocycles. The van der Waals surface area contributed by atoms with Gasteiger partial charge in [-0.25, -0.2) is 9.97 Å². The summed E-state index contributed by atoms with van der Waals surface area (Å²) in [5.74, 6) is 0.828. The number of anilines is 2. The monoisotopic (exact) mass is 470 g/mol. The van der Waals surface area contributed by atoms with Crippen molar-refractivity contribution in [3.63, 3.8) is 0 Å². The van der Waals surface area contributed by atoms with Crippen molar-refractivity contribution in [3.05, 3.63) is 30.0 Å². The quantitative estimate of drug-likeness (QED) is 0.375. The molecule has 1 aromatic carbocycles. The molecule has 6 N–H and O–H groups in total. The fourth-order valence-corrected chi connectivity index (χ4v) is 5.83. The van der Waals surface area contributed by atoms with Crippen LogP contribution in [0.1, 0.15) is 25.0 Å². The summed E-state index contributed by atoms with van der Waals surface area (Å²) in [6.45, 7) is 3.35. The number of nitrogens with two attached hydrogens (primary N) is 1. The molecule has 1 saturated carbocycles. The fourth-order valence-electron chi connectivity index (χ4n) is 4.76. The van der Waals surface area contributed by atoms with Crippen LogP contribution in [0.25, 0.3) is 20.8 Å². The molecule has 2 aliphatic rings. The number of para-hydroxylation sites is 1. The highest BCUT2D eigenvalue weighted by Gasteiger charge is 2.41. The zero-order valence-electron chi connectivity index (χ0n) is 18.6. The Hall–Kier alpha value is -2.37. The van der Waals surface area contributed by atoms with Crippen LogP contribution < -0.4 is 16.0 Å². The van der Waals surface area contributed by atoms with Gasteiger partial charge < -0.3 is 31.3 Å². The average molecular weight is 471 g/mol. The molecule has 0 spiro atoms. The Kier molecular flexibility index (Phi) is 6.19. The third kappa shape index (κ3) is 4.29. The van der Waals surface area contributed by atoms with E-state index in [1.54, 1.807) is 11.3 Å². The summed E-state index contributed by atoms with van der Waals surface area (Å²) in [5.41, 5.74) is 8.58. The van der Waals surface area contributed by atoms with Gasteiger partial charge in [-0.2, -0.15) is 4.98 Å². The second kappa shape index (κ2) is 9.11. The molecule has 2 aromatic heterocycles. The molecule has 176 valence electrons. The highest BCUT2D eigenvalue weighted by molar-refractivity contribution is 7.21.